The predicted octanol–water partition coefficient (Wildman–Crippen LogP) is 4.12. The molecule has 2 amide bonds. The van der Waals surface area contributed by atoms with Crippen LogP contribution in [0.3, 0.4) is 0 Å². The van der Waals surface area contributed by atoms with Crippen LogP contribution in [-0.4, -0.2) is 12.6 Å². The van der Waals surface area contributed by atoms with Crippen molar-refractivity contribution >= 4 is 24.3 Å². The van der Waals surface area contributed by atoms with Crippen molar-refractivity contribution in [3.8, 4) is 0 Å². The van der Waals surface area contributed by atoms with Crippen molar-refractivity contribution in [1.29, 1.82) is 0 Å². The molecule has 3 nitrogen and oxygen atoms in total. The molecule has 0 bridgehead atoms. The van der Waals surface area contributed by atoms with Gasteiger partial charge in [-0.3, -0.25) is 0 Å². The topological polar surface area (TPSA) is 41.1 Å². The van der Waals surface area contributed by atoms with Crippen molar-refractivity contribution < 1.29 is 4.79 Å². The fourth-order valence-electron chi connectivity index (χ4n) is 2.05. The zero-order chi connectivity index (χ0) is 14.9. The number of urea groups is 1. The van der Waals surface area contributed by atoms with Crippen LogP contribution in [0.25, 0.3) is 0 Å². The second-order valence-electron chi connectivity index (χ2n) is 4.84. The van der Waals surface area contributed by atoms with E-state index in [-0.39, 0.29) is 6.03 Å². The minimum Gasteiger partial charge on any atom is -0.338 e. The zero-order valence-corrected chi connectivity index (χ0v) is 12.8. The van der Waals surface area contributed by atoms with Crippen molar-refractivity contribution in [2.75, 3.05) is 11.9 Å². The monoisotopic (exact) mass is 300 g/mol. The molecule has 21 heavy (non-hydrogen) atoms. The molecule has 0 fully saturated rings. The van der Waals surface area contributed by atoms with E-state index < -0.39 is 0 Å². The van der Waals surface area contributed by atoms with Gasteiger partial charge >= 0.3 is 6.03 Å². The van der Waals surface area contributed by atoms with Crippen LogP contribution in [0.1, 0.15) is 18.4 Å². The van der Waals surface area contributed by atoms with Crippen LogP contribution >= 0.6 is 12.6 Å². The summed E-state index contributed by atoms with van der Waals surface area (Å²) in [6, 6.07) is 17.6. The molecule has 4 heteroatoms. The lowest BCUT2D eigenvalue weighted by molar-refractivity contribution is 0.252. The summed E-state index contributed by atoms with van der Waals surface area (Å²) in [5, 5.41) is 5.65. The molecule has 2 aromatic carbocycles. The first-order chi connectivity index (χ1) is 10.3. The number of hydrogen-bond acceptors (Lipinski definition) is 2. The Labute approximate surface area is 131 Å². The number of benzene rings is 2. The first-order valence-corrected chi connectivity index (χ1v) is 7.57. The highest BCUT2D eigenvalue weighted by molar-refractivity contribution is 7.80. The molecule has 0 radical (unpaired) electrons. The van der Waals surface area contributed by atoms with Crippen LogP contribution in [0, 0.1) is 0 Å². The van der Waals surface area contributed by atoms with Crippen molar-refractivity contribution in [1.82, 2.24) is 5.32 Å². The first kappa shape index (κ1) is 15.4. The molecule has 0 aromatic heterocycles. The largest absolute Gasteiger partial charge is 0.338 e. The van der Waals surface area contributed by atoms with E-state index in [9.17, 15) is 4.79 Å². The van der Waals surface area contributed by atoms with Gasteiger partial charge in [0.2, 0.25) is 0 Å². The summed E-state index contributed by atoms with van der Waals surface area (Å²) in [5.41, 5.74) is 2.06. The Hall–Kier alpha value is -1.94. The number of unbranched alkanes of at least 4 members (excludes halogenated alkanes) is 1. The van der Waals surface area contributed by atoms with Gasteiger partial charge < -0.3 is 10.6 Å². The van der Waals surface area contributed by atoms with E-state index in [2.05, 4.69) is 47.5 Å². The maximum absolute atomic E-state index is 11.7. The van der Waals surface area contributed by atoms with Gasteiger partial charge in [0.05, 0.1) is 5.69 Å². The average molecular weight is 300 g/mol. The summed E-state index contributed by atoms with van der Waals surface area (Å²) >= 11 is 4.29. The molecule has 0 aliphatic carbocycles. The summed E-state index contributed by atoms with van der Waals surface area (Å²) in [5.74, 6) is 0. The molecule has 0 aliphatic heterocycles. The van der Waals surface area contributed by atoms with Gasteiger partial charge in [0.1, 0.15) is 0 Å². The van der Waals surface area contributed by atoms with Gasteiger partial charge in [-0.25, -0.2) is 4.79 Å². The summed E-state index contributed by atoms with van der Waals surface area (Å²) in [7, 11) is 0. The van der Waals surface area contributed by atoms with Crippen LogP contribution in [0.2, 0.25) is 0 Å². The molecule has 2 aromatic rings. The van der Waals surface area contributed by atoms with Crippen LogP contribution in [0.4, 0.5) is 10.5 Å². The van der Waals surface area contributed by atoms with E-state index in [0.29, 0.717) is 6.54 Å². The third-order valence-corrected chi connectivity index (χ3v) is 3.56. The lowest BCUT2D eigenvalue weighted by atomic mass is 10.1. The van der Waals surface area contributed by atoms with Crippen LogP contribution in [-0.2, 0) is 6.42 Å². The lowest BCUT2D eigenvalue weighted by Crippen LogP contribution is -2.29. The Bertz CT molecular complexity index is 572. The Balaban J connectivity index is 1.63. The van der Waals surface area contributed by atoms with Gasteiger partial charge in [-0.1, -0.05) is 42.5 Å². The number of nitrogens with one attached hydrogen (secondary N) is 2. The van der Waals surface area contributed by atoms with E-state index in [1.54, 1.807) is 0 Å². The highest BCUT2D eigenvalue weighted by Crippen LogP contribution is 2.18. The van der Waals surface area contributed by atoms with Crippen molar-refractivity contribution in [2.24, 2.45) is 0 Å². The van der Waals surface area contributed by atoms with Crippen molar-refractivity contribution in [2.45, 2.75) is 24.2 Å². The van der Waals surface area contributed by atoms with Gasteiger partial charge in [0.15, 0.2) is 0 Å². The predicted molar refractivity (Wildman–Crippen MR) is 90.1 cm³/mol. The summed E-state index contributed by atoms with van der Waals surface area (Å²) < 4.78 is 0. The lowest BCUT2D eigenvalue weighted by Gasteiger charge is -2.09. The number of anilines is 1. The molecular weight excluding hydrogens is 280 g/mol. The van der Waals surface area contributed by atoms with Gasteiger partial charge in [-0.2, -0.15) is 0 Å². The molecule has 2 N–H and O–H groups in total. The van der Waals surface area contributed by atoms with Crippen LogP contribution < -0.4 is 10.6 Å². The molecule has 0 heterocycles. The van der Waals surface area contributed by atoms with E-state index in [0.717, 1.165) is 29.8 Å². The molecule has 0 saturated heterocycles. The number of aryl methyl sites for hydroxylation is 1. The quantitative estimate of drug-likeness (QED) is 0.545. The van der Waals surface area contributed by atoms with E-state index in [4.69, 9.17) is 0 Å². The Morgan fingerprint density at radius 2 is 1.67 bits per heavy atom. The molecule has 0 aliphatic rings. The number of para-hydroxylation sites is 1. The Morgan fingerprint density at radius 1 is 0.952 bits per heavy atom. The van der Waals surface area contributed by atoms with Crippen molar-refractivity contribution in [3.63, 3.8) is 0 Å². The normalized spacial score (nSPS) is 10.1. The number of carbonyl (C=O) groups excluding carboxylic acids is 1. The highest BCUT2D eigenvalue weighted by atomic mass is 32.1. The number of rotatable bonds is 6. The minimum atomic E-state index is -0.184. The number of amides is 2. The Morgan fingerprint density at radius 3 is 2.43 bits per heavy atom. The fraction of sp³-hybridized carbons (Fsp3) is 0.235. The van der Waals surface area contributed by atoms with Gasteiger partial charge in [-0.05, 0) is 37.0 Å². The molecular formula is C17H20N2OS. The number of hydrogen-bond donors (Lipinski definition) is 3. The van der Waals surface area contributed by atoms with E-state index in [1.165, 1.54) is 5.56 Å². The van der Waals surface area contributed by atoms with E-state index >= 15 is 0 Å². The minimum absolute atomic E-state index is 0.184. The molecule has 0 saturated carbocycles. The Kier molecular flexibility index (Phi) is 6.16. The zero-order valence-electron chi connectivity index (χ0n) is 11.9. The third kappa shape index (κ3) is 5.52. The summed E-state index contributed by atoms with van der Waals surface area (Å²) in [6.45, 7) is 0.674. The van der Waals surface area contributed by atoms with Crippen molar-refractivity contribution in [3.05, 3.63) is 60.2 Å². The van der Waals surface area contributed by atoms with Gasteiger partial charge in [-0.15, -0.1) is 12.6 Å². The molecule has 2 rings (SSSR count). The second-order valence-corrected chi connectivity index (χ2v) is 5.32. The fourth-order valence-corrected chi connectivity index (χ4v) is 2.26. The van der Waals surface area contributed by atoms with Crippen LogP contribution in [0.5, 0.6) is 0 Å². The first-order valence-electron chi connectivity index (χ1n) is 7.12. The maximum atomic E-state index is 11.7. The van der Waals surface area contributed by atoms with Gasteiger partial charge in [0, 0.05) is 11.4 Å². The molecule has 0 atom stereocenters. The summed E-state index contributed by atoms with van der Waals surface area (Å²) in [4.78, 5) is 12.5. The SMILES string of the molecule is O=C(NCCCCc1ccccc1)Nc1ccccc1S. The smallest absolute Gasteiger partial charge is 0.319 e. The maximum Gasteiger partial charge on any atom is 0.319 e. The average Bonchev–Trinajstić information content (AvgIpc) is 2.50. The van der Waals surface area contributed by atoms with E-state index in [1.807, 2.05) is 30.3 Å². The highest BCUT2D eigenvalue weighted by Gasteiger charge is 2.03. The number of carbonyl (C=O) groups is 1. The van der Waals surface area contributed by atoms with Crippen LogP contribution in [0.15, 0.2) is 59.5 Å². The summed E-state index contributed by atoms with van der Waals surface area (Å²) in [6.07, 6.45) is 3.07. The second kappa shape index (κ2) is 8.37. The standard InChI is InChI=1S/C17H20N2OS/c20-17(19-15-11-4-5-12-16(15)21)18-13-7-6-10-14-8-2-1-3-9-14/h1-5,8-9,11-12,21H,6-7,10,13H2,(H2,18,19,20). The molecule has 110 valence electrons. The third-order valence-electron chi connectivity index (χ3n) is 3.17. The van der Waals surface area contributed by atoms with Gasteiger partial charge in [0.25, 0.3) is 0 Å². The molecule has 0 unspecified atom stereocenters. The molecule has 0 spiro atoms. The number of thiol groups is 1.